The van der Waals surface area contributed by atoms with Crippen LogP contribution >= 0.6 is 0 Å². The first-order valence-electron chi connectivity index (χ1n) is 10.6. The van der Waals surface area contributed by atoms with Crippen molar-refractivity contribution in [3.8, 4) is 0 Å². The Balaban J connectivity index is 4.88. The monoisotopic (exact) mass is 360 g/mol. The Kier molecular flexibility index (Phi) is 17.2. The van der Waals surface area contributed by atoms with Crippen LogP contribution in [0.4, 0.5) is 0 Å². The Morgan fingerprint density at radius 3 is 1.56 bits per heavy atom. The minimum atomic E-state index is -0.957. The van der Waals surface area contributed by atoms with E-state index in [2.05, 4.69) is 27.7 Å². The van der Waals surface area contributed by atoms with Gasteiger partial charge in [-0.3, -0.25) is 0 Å². The molecule has 0 aliphatic heterocycles. The molecule has 25 heavy (non-hydrogen) atoms. The van der Waals surface area contributed by atoms with E-state index in [1.54, 1.807) is 7.11 Å². The summed E-state index contributed by atoms with van der Waals surface area (Å²) in [6.45, 7) is 11.1. The second-order valence-electron chi connectivity index (χ2n) is 6.86. The molecule has 1 atom stereocenters. The summed E-state index contributed by atoms with van der Waals surface area (Å²) in [6.07, 6.45) is 11.5. The molecule has 152 valence electrons. The normalized spacial score (nSPS) is 13.3. The lowest BCUT2D eigenvalue weighted by molar-refractivity contribution is -0.408. The van der Waals surface area contributed by atoms with Gasteiger partial charge in [-0.05, 0) is 25.7 Å². The highest BCUT2D eigenvalue weighted by molar-refractivity contribution is 4.73. The number of hydrogen-bond donors (Lipinski definition) is 0. The zero-order chi connectivity index (χ0) is 18.8. The largest absolute Gasteiger partial charge is 0.384 e. The predicted molar refractivity (Wildman–Crippen MR) is 105 cm³/mol. The Bertz CT molecular complexity index is 249. The summed E-state index contributed by atoms with van der Waals surface area (Å²) in [5.74, 6) is -0.852. The summed E-state index contributed by atoms with van der Waals surface area (Å²) in [6, 6.07) is 0. The highest BCUT2D eigenvalue weighted by Crippen LogP contribution is 2.31. The van der Waals surface area contributed by atoms with E-state index in [-0.39, 0.29) is 5.92 Å². The van der Waals surface area contributed by atoms with Crippen LogP contribution in [0, 0.1) is 5.92 Å². The molecular formula is C21H44O4. The fourth-order valence-corrected chi connectivity index (χ4v) is 2.95. The van der Waals surface area contributed by atoms with Crippen LogP contribution in [0.2, 0.25) is 0 Å². The van der Waals surface area contributed by atoms with Crippen LogP contribution in [0.15, 0.2) is 0 Å². The molecule has 0 aromatic heterocycles. The number of unbranched alkanes of at least 4 members (excludes halogenated alkanes) is 5. The van der Waals surface area contributed by atoms with Gasteiger partial charge >= 0.3 is 0 Å². The van der Waals surface area contributed by atoms with E-state index in [4.69, 9.17) is 18.9 Å². The van der Waals surface area contributed by atoms with Crippen molar-refractivity contribution in [3.63, 3.8) is 0 Å². The third-order valence-corrected chi connectivity index (χ3v) is 4.30. The highest BCUT2D eigenvalue weighted by atomic mass is 16.9. The zero-order valence-corrected chi connectivity index (χ0v) is 17.6. The minimum absolute atomic E-state index is 0.105. The van der Waals surface area contributed by atoms with Crippen molar-refractivity contribution in [2.24, 2.45) is 5.92 Å². The second kappa shape index (κ2) is 17.3. The maximum absolute atomic E-state index is 6.17. The summed E-state index contributed by atoms with van der Waals surface area (Å²) in [5.41, 5.74) is 0. The standard InChI is InChI=1S/C21H44O4/c1-6-10-11-12-13-14-15-20(19-22-5)21(23-16-7-2,24-17-8-3)25-18-9-4/h20H,6-19H2,1-5H3. The predicted octanol–water partition coefficient (Wildman–Crippen LogP) is 5.93. The zero-order valence-electron chi connectivity index (χ0n) is 17.6. The molecule has 0 aliphatic rings. The van der Waals surface area contributed by atoms with E-state index in [1.165, 1.54) is 38.5 Å². The van der Waals surface area contributed by atoms with Gasteiger partial charge in [0.25, 0.3) is 5.97 Å². The average Bonchev–Trinajstić information content (AvgIpc) is 2.63. The first-order valence-corrected chi connectivity index (χ1v) is 10.6. The number of methoxy groups -OCH3 is 1. The van der Waals surface area contributed by atoms with Crippen molar-refractivity contribution in [2.45, 2.75) is 97.9 Å². The maximum atomic E-state index is 6.17. The third kappa shape index (κ3) is 11.2. The Labute approximate surface area is 156 Å². The molecule has 0 radical (unpaired) electrons. The van der Waals surface area contributed by atoms with Crippen LogP contribution in [0.1, 0.15) is 91.9 Å². The quantitative estimate of drug-likeness (QED) is 0.211. The maximum Gasteiger partial charge on any atom is 0.288 e. The average molecular weight is 361 g/mol. The molecule has 0 bridgehead atoms. The van der Waals surface area contributed by atoms with Gasteiger partial charge in [-0.15, -0.1) is 0 Å². The molecule has 0 spiro atoms. The van der Waals surface area contributed by atoms with Crippen LogP contribution in [0.25, 0.3) is 0 Å². The summed E-state index contributed by atoms with van der Waals surface area (Å²) in [7, 11) is 1.75. The number of rotatable bonds is 19. The van der Waals surface area contributed by atoms with Gasteiger partial charge in [0.15, 0.2) is 0 Å². The minimum Gasteiger partial charge on any atom is -0.384 e. The Hall–Kier alpha value is -0.160. The van der Waals surface area contributed by atoms with Gasteiger partial charge in [0.2, 0.25) is 0 Å². The molecule has 0 saturated heterocycles. The number of ether oxygens (including phenoxy) is 4. The van der Waals surface area contributed by atoms with Crippen LogP contribution in [0.5, 0.6) is 0 Å². The summed E-state index contributed by atoms with van der Waals surface area (Å²) in [4.78, 5) is 0. The molecule has 0 saturated carbocycles. The van der Waals surface area contributed by atoms with Gasteiger partial charge in [0.1, 0.15) is 0 Å². The lowest BCUT2D eigenvalue weighted by atomic mass is 9.98. The molecule has 4 heteroatoms. The van der Waals surface area contributed by atoms with E-state index in [0.29, 0.717) is 26.4 Å². The lowest BCUT2D eigenvalue weighted by Crippen LogP contribution is -2.49. The molecule has 1 unspecified atom stereocenters. The van der Waals surface area contributed by atoms with Crippen molar-refractivity contribution < 1.29 is 18.9 Å². The molecule has 0 fully saturated rings. The molecule has 0 amide bonds. The topological polar surface area (TPSA) is 36.9 Å². The molecule has 0 heterocycles. The van der Waals surface area contributed by atoms with E-state index in [9.17, 15) is 0 Å². The molecule has 0 rings (SSSR count). The summed E-state index contributed by atoms with van der Waals surface area (Å²) >= 11 is 0. The van der Waals surface area contributed by atoms with Gasteiger partial charge in [-0.2, -0.15) is 0 Å². The molecule has 4 nitrogen and oxygen atoms in total. The molecule has 0 aromatic carbocycles. The molecule has 0 N–H and O–H groups in total. The van der Waals surface area contributed by atoms with Crippen LogP contribution < -0.4 is 0 Å². The van der Waals surface area contributed by atoms with Crippen molar-refractivity contribution in [3.05, 3.63) is 0 Å². The van der Waals surface area contributed by atoms with Gasteiger partial charge in [0.05, 0.1) is 32.3 Å². The van der Waals surface area contributed by atoms with Crippen LogP contribution in [0.3, 0.4) is 0 Å². The van der Waals surface area contributed by atoms with E-state index in [1.807, 2.05) is 0 Å². The Morgan fingerprint density at radius 2 is 1.12 bits per heavy atom. The fourth-order valence-electron chi connectivity index (χ4n) is 2.95. The fraction of sp³-hybridized carbons (Fsp3) is 1.00. The van der Waals surface area contributed by atoms with Gasteiger partial charge < -0.3 is 18.9 Å². The highest BCUT2D eigenvalue weighted by Gasteiger charge is 2.42. The van der Waals surface area contributed by atoms with E-state index >= 15 is 0 Å². The van der Waals surface area contributed by atoms with E-state index in [0.717, 1.165) is 25.7 Å². The second-order valence-corrected chi connectivity index (χ2v) is 6.86. The van der Waals surface area contributed by atoms with Crippen LogP contribution in [-0.2, 0) is 18.9 Å². The SMILES string of the molecule is CCCCCCCCC(COC)C(OCCC)(OCCC)OCCC. The summed E-state index contributed by atoms with van der Waals surface area (Å²) in [5, 5.41) is 0. The van der Waals surface area contributed by atoms with Crippen molar-refractivity contribution >= 4 is 0 Å². The van der Waals surface area contributed by atoms with Crippen LogP contribution in [-0.4, -0.2) is 39.5 Å². The smallest absolute Gasteiger partial charge is 0.288 e. The number of hydrogen-bond acceptors (Lipinski definition) is 4. The molecular weight excluding hydrogens is 316 g/mol. The molecule has 0 aromatic rings. The first kappa shape index (κ1) is 24.8. The lowest BCUT2D eigenvalue weighted by Gasteiger charge is -2.39. The third-order valence-electron chi connectivity index (χ3n) is 4.30. The molecule has 0 aliphatic carbocycles. The first-order chi connectivity index (χ1) is 12.2. The van der Waals surface area contributed by atoms with Crippen molar-refractivity contribution in [1.82, 2.24) is 0 Å². The Morgan fingerprint density at radius 1 is 0.640 bits per heavy atom. The van der Waals surface area contributed by atoms with Crippen molar-refractivity contribution in [2.75, 3.05) is 33.5 Å². The van der Waals surface area contributed by atoms with Gasteiger partial charge in [0, 0.05) is 7.11 Å². The summed E-state index contributed by atoms with van der Waals surface area (Å²) < 4.78 is 24.0. The van der Waals surface area contributed by atoms with Gasteiger partial charge in [-0.25, -0.2) is 0 Å². The van der Waals surface area contributed by atoms with Gasteiger partial charge in [-0.1, -0.05) is 66.2 Å². The van der Waals surface area contributed by atoms with Crippen molar-refractivity contribution in [1.29, 1.82) is 0 Å². The van der Waals surface area contributed by atoms with E-state index < -0.39 is 5.97 Å².